The van der Waals surface area contributed by atoms with Gasteiger partial charge in [0, 0.05) is 5.54 Å². The third-order valence-electron chi connectivity index (χ3n) is 7.46. The van der Waals surface area contributed by atoms with E-state index in [1.165, 1.54) is 62.5 Å². The van der Waals surface area contributed by atoms with Crippen molar-refractivity contribution in [2.24, 2.45) is 5.92 Å². The summed E-state index contributed by atoms with van der Waals surface area (Å²) in [5.74, 6) is 0.428. The SMILES string of the molecule is CC(C)C(c1ccccc1)N1OC(c2ccccc2)CCCCCCCCC/C=C/CCC1(C)C. The van der Waals surface area contributed by atoms with Gasteiger partial charge in [-0.3, -0.25) is 4.84 Å². The van der Waals surface area contributed by atoms with Crippen molar-refractivity contribution >= 4 is 0 Å². The highest BCUT2D eigenvalue weighted by molar-refractivity contribution is 5.21. The molecule has 3 rings (SSSR count). The van der Waals surface area contributed by atoms with Gasteiger partial charge in [-0.2, -0.15) is 5.06 Å². The normalized spacial score (nSPS) is 23.4. The summed E-state index contributed by atoms with van der Waals surface area (Å²) < 4.78 is 0. The first-order valence-electron chi connectivity index (χ1n) is 14.2. The van der Waals surface area contributed by atoms with Crippen LogP contribution in [0.2, 0.25) is 0 Å². The third-order valence-corrected chi connectivity index (χ3v) is 7.46. The van der Waals surface area contributed by atoms with Gasteiger partial charge >= 0.3 is 0 Å². The fourth-order valence-electron chi connectivity index (χ4n) is 5.37. The second-order valence-corrected chi connectivity index (χ2v) is 11.3. The average Bonchev–Trinajstić information content (AvgIpc) is 2.86. The predicted molar refractivity (Wildman–Crippen MR) is 150 cm³/mol. The molecule has 2 aromatic carbocycles. The van der Waals surface area contributed by atoms with Gasteiger partial charge in [0.05, 0.1) is 6.04 Å². The summed E-state index contributed by atoms with van der Waals surface area (Å²) in [7, 11) is 0. The Morgan fingerprint density at radius 3 is 1.97 bits per heavy atom. The molecule has 0 fully saturated rings. The number of benzene rings is 2. The van der Waals surface area contributed by atoms with Gasteiger partial charge in [-0.25, -0.2) is 0 Å². The molecule has 1 heterocycles. The van der Waals surface area contributed by atoms with E-state index in [1.807, 2.05) is 0 Å². The molecule has 0 spiro atoms. The number of rotatable bonds is 4. The molecular formula is C33H49NO. The molecular weight excluding hydrogens is 426 g/mol. The zero-order valence-corrected chi connectivity index (χ0v) is 22.8. The lowest BCUT2D eigenvalue weighted by molar-refractivity contribution is -0.282. The molecule has 0 bridgehead atoms. The Balaban J connectivity index is 1.95. The molecule has 2 unspecified atom stereocenters. The van der Waals surface area contributed by atoms with Gasteiger partial charge in [-0.1, -0.05) is 125 Å². The molecule has 35 heavy (non-hydrogen) atoms. The molecule has 2 atom stereocenters. The topological polar surface area (TPSA) is 12.5 Å². The summed E-state index contributed by atoms with van der Waals surface area (Å²) in [6.07, 6.45) is 18.6. The lowest BCUT2D eigenvalue weighted by Crippen LogP contribution is -2.48. The Morgan fingerprint density at radius 2 is 1.31 bits per heavy atom. The molecule has 192 valence electrons. The largest absolute Gasteiger partial charge is 0.290 e. The van der Waals surface area contributed by atoms with Crippen LogP contribution in [0.5, 0.6) is 0 Å². The van der Waals surface area contributed by atoms with Crippen LogP contribution < -0.4 is 0 Å². The maximum atomic E-state index is 7.16. The summed E-state index contributed by atoms with van der Waals surface area (Å²) in [5, 5.41) is 2.39. The molecule has 0 saturated heterocycles. The minimum atomic E-state index is -0.101. The van der Waals surface area contributed by atoms with Gasteiger partial charge in [0.15, 0.2) is 0 Å². The number of hydrogen-bond donors (Lipinski definition) is 0. The van der Waals surface area contributed by atoms with E-state index < -0.39 is 0 Å². The summed E-state index contributed by atoms with van der Waals surface area (Å²) in [6, 6.07) is 22.1. The molecule has 2 nitrogen and oxygen atoms in total. The number of hydroxylamine groups is 2. The average molecular weight is 476 g/mol. The van der Waals surface area contributed by atoms with Crippen molar-refractivity contribution in [2.75, 3.05) is 0 Å². The fourth-order valence-corrected chi connectivity index (χ4v) is 5.37. The Bertz CT molecular complexity index is 842. The molecule has 0 aliphatic carbocycles. The van der Waals surface area contributed by atoms with Crippen molar-refractivity contribution in [3.05, 3.63) is 83.9 Å². The van der Waals surface area contributed by atoms with E-state index in [0.717, 1.165) is 19.3 Å². The highest BCUT2D eigenvalue weighted by Gasteiger charge is 2.37. The van der Waals surface area contributed by atoms with Gasteiger partial charge in [0.1, 0.15) is 6.10 Å². The van der Waals surface area contributed by atoms with Crippen LogP contribution in [0.4, 0.5) is 0 Å². The molecule has 0 amide bonds. The number of nitrogens with zero attached hydrogens (tertiary/aromatic N) is 1. The molecule has 2 aromatic rings. The van der Waals surface area contributed by atoms with E-state index in [9.17, 15) is 0 Å². The lowest BCUT2D eigenvalue weighted by Gasteiger charge is -2.46. The van der Waals surface area contributed by atoms with Crippen molar-refractivity contribution in [3.8, 4) is 0 Å². The van der Waals surface area contributed by atoms with Crippen LogP contribution in [0.3, 0.4) is 0 Å². The van der Waals surface area contributed by atoms with Crippen LogP contribution >= 0.6 is 0 Å². The van der Waals surface area contributed by atoms with Crippen LogP contribution in [0.15, 0.2) is 72.8 Å². The van der Waals surface area contributed by atoms with Gasteiger partial charge in [0.25, 0.3) is 0 Å². The molecule has 0 saturated carbocycles. The quantitative estimate of drug-likeness (QED) is 0.408. The maximum Gasteiger partial charge on any atom is 0.104 e. The summed E-state index contributed by atoms with van der Waals surface area (Å²) in [4.78, 5) is 7.16. The second-order valence-electron chi connectivity index (χ2n) is 11.3. The minimum absolute atomic E-state index is 0.0756. The van der Waals surface area contributed by atoms with Crippen LogP contribution in [0.25, 0.3) is 0 Å². The van der Waals surface area contributed by atoms with Gasteiger partial charge in [0.2, 0.25) is 0 Å². The standard InChI is InChI=1S/C33H49NO/c1-28(2)32(30-24-18-15-19-25-30)34-33(3,4)27-21-13-11-9-7-5-6-8-10-12-20-26-31(35-34)29-22-16-14-17-23-29/h11,13-19,22-25,28,31-32H,5-10,12,20-21,26-27H2,1-4H3/b13-11+. The van der Waals surface area contributed by atoms with Gasteiger partial charge in [-0.15, -0.1) is 0 Å². The molecule has 0 N–H and O–H groups in total. The third kappa shape index (κ3) is 8.92. The van der Waals surface area contributed by atoms with E-state index in [0.29, 0.717) is 5.92 Å². The Hall–Kier alpha value is -1.90. The lowest BCUT2D eigenvalue weighted by atomic mass is 9.89. The van der Waals surface area contributed by atoms with Crippen molar-refractivity contribution in [1.29, 1.82) is 0 Å². The minimum Gasteiger partial charge on any atom is -0.290 e. The van der Waals surface area contributed by atoms with E-state index in [-0.39, 0.29) is 17.7 Å². The fraction of sp³-hybridized carbons (Fsp3) is 0.576. The highest BCUT2D eigenvalue weighted by Crippen LogP contribution is 2.40. The number of hydrogen-bond acceptors (Lipinski definition) is 2. The Labute approximate surface area is 215 Å². The van der Waals surface area contributed by atoms with Crippen LogP contribution in [0.1, 0.15) is 122 Å². The van der Waals surface area contributed by atoms with E-state index in [2.05, 4.69) is 106 Å². The zero-order valence-electron chi connectivity index (χ0n) is 22.8. The summed E-state index contributed by atoms with van der Waals surface area (Å²) in [5.41, 5.74) is 2.53. The predicted octanol–water partition coefficient (Wildman–Crippen LogP) is 10.00. The first-order chi connectivity index (χ1) is 17.0. The maximum absolute atomic E-state index is 7.16. The Kier molecular flexibility index (Phi) is 11.6. The summed E-state index contributed by atoms with van der Waals surface area (Å²) >= 11 is 0. The molecule has 1 aliphatic heterocycles. The summed E-state index contributed by atoms with van der Waals surface area (Å²) in [6.45, 7) is 9.40. The second kappa shape index (κ2) is 14.6. The van der Waals surface area contributed by atoms with Crippen LogP contribution in [-0.2, 0) is 4.84 Å². The first-order valence-corrected chi connectivity index (χ1v) is 14.2. The van der Waals surface area contributed by atoms with E-state index in [1.54, 1.807) is 0 Å². The Morgan fingerprint density at radius 1 is 0.743 bits per heavy atom. The van der Waals surface area contributed by atoms with E-state index in [4.69, 9.17) is 4.84 Å². The highest BCUT2D eigenvalue weighted by atomic mass is 16.7. The van der Waals surface area contributed by atoms with Gasteiger partial charge < -0.3 is 0 Å². The van der Waals surface area contributed by atoms with Crippen LogP contribution in [-0.4, -0.2) is 10.6 Å². The molecule has 2 heteroatoms. The van der Waals surface area contributed by atoms with E-state index >= 15 is 0 Å². The monoisotopic (exact) mass is 475 g/mol. The first kappa shape index (κ1) is 27.7. The zero-order chi connectivity index (χ0) is 24.9. The molecule has 0 aromatic heterocycles. The van der Waals surface area contributed by atoms with Gasteiger partial charge in [-0.05, 0) is 63.0 Å². The number of allylic oxidation sites excluding steroid dienone is 2. The smallest absolute Gasteiger partial charge is 0.104 e. The van der Waals surface area contributed by atoms with Crippen molar-refractivity contribution in [2.45, 2.75) is 116 Å². The van der Waals surface area contributed by atoms with Crippen molar-refractivity contribution in [3.63, 3.8) is 0 Å². The van der Waals surface area contributed by atoms with Crippen molar-refractivity contribution < 1.29 is 4.84 Å². The molecule has 0 radical (unpaired) electrons. The van der Waals surface area contributed by atoms with Crippen molar-refractivity contribution in [1.82, 2.24) is 5.06 Å². The van der Waals surface area contributed by atoms with Crippen LogP contribution in [0, 0.1) is 5.92 Å². The molecule has 1 aliphatic rings.